The molecule has 0 aromatic heterocycles. The molecule has 0 saturated carbocycles. The molecule has 6 heteroatoms. The number of carbonyl (C=O) groups excluding carboxylic acids is 2. The van der Waals surface area contributed by atoms with Crippen molar-refractivity contribution >= 4 is 27.8 Å². The smallest absolute Gasteiger partial charge is 0.410 e. The van der Waals surface area contributed by atoms with E-state index in [1.807, 2.05) is 64.0 Å². The number of amides is 1. The zero-order valence-corrected chi connectivity index (χ0v) is 18.4. The van der Waals surface area contributed by atoms with Crippen LogP contribution in [0.4, 0.5) is 4.79 Å². The first-order chi connectivity index (χ1) is 12.5. The zero-order chi connectivity index (χ0) is 20.2. The molecular formula is C21H29BrN2O3. The van der Waals surface area contributed by atoms with Gasteiger partial charge in [0.25, 0.3) is 0 Å². The molecule has 5 nitrogen and oxygen atoms in total. The Morgan fingerprint density at radius 2 is 1.70 bits per heavy atom. The van der Waals surface area contributed by atoms with Crippen LogP contribution in [0, 0.1) is 0 Å². The summed E-state index contributed by atoms with van der Waals surface area (Å²) in [5.74, 6) is 0.0716. The quantitative estimate of drug-likeness (QED) is 0.657. The molecule has 1 fully saturated rings. The molecule has 0 N–H and O–H groups in total. The summed E-state index contributed by atoms with van der Waals surface area (Å²) in [5.41, 5.74) is -0.157. The SMILES string of the molecule is CN(C)/C=C/C(=O)C1(c2ccc(Br)cc2)CCN(C(=O)OC(C)(C)C)CC1. The first-order valence-electron chi connectivity index (χ1n) is 9.16. The van der Waals surface area contributed by atoms with Crippen LogP contribution in [0.5, 0.6) is 0 Å². The fraction of sp³-hybridized carbons (Fsp3) is 0.524. The van der Waals surface area contributed by atoms with Gasteiger partial charge in [-0.05, 0) is 57.4 Å². The van der Waals surface area contributed by atoms with E-state index in [9.17, 15) is 9.59 Å². The minimum Gasteiger partial charge on any atom is -0.444 e. The number of allylic oxidation sites excluding steroid dienone is 1. The molecule has 0 radical (unpaired) electrons. The van der Waals surface area contributed by atoms with Gasteiger partial charge in [0.1, 0.15) is 5.60 Å². The van der Waals surface area contributed by atoms with Crippen molar-refractivity contribution in [2.24, 2.45) is 0 Å². The molecule has 0 spiro atoms. The Bertz CT molecular complexity index is 697. The number of piperidine rings is 1. The van der Waals surface area contributed by atoms with Crippen molar-refractivity contribution in [2.75, 3.05) is 27.2 Å². The van der Waals surface area contributed by atoms with Gasteiger partial charge in [0.15, 0.2) is 5.78 Å². The first kappa shape index (κ1) is 21.5. The molecule has 1 aromatic carbocycles. The molecule has 1 heterocycles. The maximum Gasteiger partial charge on any atom is 0.410 e. The molecule has 1 saturated heterocycles. The summed E-state index contributed by atoms with van der Waals surface area (Å²) >= 11 is 3.46. The third-order valence-corrected chi connectivity index (χ3v) is 5.19. The Labute approximate surface area is 170 Å². The van der Waals surface area contributed by atoms with E-state index in [2.05, 4.69) is 15.9 Å². The van der Waals surface area contributed by atoms with Gasteiger partial charge in [-0.15, -0.1) is 0 Å². The second-order valence-corrected chi connectivity index (χ2v) is 9.12. The lowest BCUT2D eigenvalue weighted by molar-refractivity contribution is -0.121. The molecule has 0 unspecified atom stereocenters. The number of hydrogen-bond acceptors (Lipinski definition) is 4. The monoisotopic (exact) mass is 436 g/mol. The summed E-state index contributed by atoms with van der Waals surface area (Å²) < 4.78 is 6.46. The largest absolute Gasteiger partial charge is 0.444 e. The van der Waals surface area contributed by atoms with Crippen LogP contribution >= 0.6 is 15.9 Å². The Balaban J connectivity index is 2.25. The van der Waals surface area contributed by atoms with Crippen LogP contribution in [0.2, 0.25) is 0 Å². The lowest BCUT2D eigenvalue weighted by atomic mass is 9.69. The van der Waals surface area contributed by atoms with Gasteiger partial charge in [-0.1, -0.05) is 28.1 Å². The lowest BCUT2D eigenvalue weighted by Gasteiger charge is -2.41. The average Bonchev–Trinajstić information content (AvgIpc) is 2.58. The number of rotatable bonds is 4. The fourth-order valence-corrected chi connectivity index (χ4v) is 3.48. The van der Waals surface area contributed by atoms with Crippen molar-refractivity contribution in [1.29, 1.82) is 0 Å². The van der Waals surface area contributed by atoms with Crippen LogP contribution in [-0.4, -0.2) is 54.5 Å². The van der Waals surface area contributed by atoms with E-state index in [0.29, 0.717) is 25.9 Å². The predicted molar refractivity (Wildman–Crippen MR) is 111 cm³/mol. The van der Waals surface area contributed by atoms with E-state index in [-0.39, 0.29) is 11.9 Å². The molecule has 1 aliphatic rings. The third kappa shape index (κ3) is 5.58. The lowest BCUT2D eigenvalue weighted by Crippen LogP contribution is -2.49. The van der Waals surface area contributed by atoms with E-state index in [1.165, 1.54) is 0 Å². The number of ether oxygens (including phenoxy) is 1. The molecule has 0 atom stereocenters. The van der Waals surface area contributed by atoms with E-state index in [4.69, 9.17) is 4.74 Å². The van der Waals surface area contributed by atoms with Crippen molar-refractivity contribution < 1.29 is 14.3 Å². The molecular weight excluding hydrogens is 408 g/mol. The van der Waals surface area contributed by atoms with Crippen LogP contribution in [0.25, 0.3) is 0 Å². The van der Waals surface area contributed by atoms with Crippen LogP contribution in [0.1, 0.15) is 39.2 Å². The van der Waals surface area contributed by atoms with Gasteiger partial charge in [-0.3, -0.25) is 4.79 Å². The van der Waals surface area contributed by atoms with Crippen molar-refractivity contribution in [3.63, 3.8) is 0 Å². The second kappa shape index (κ2) is 8.46. The van der Waals surface area contributed by atoms with Gasteiger partial charge in [0, 0.05) is 37.9 Å². The van der Waals surface area contributed by atoms with E-state index in [1.54, 1.807) is 17.2 Å². The molecule has 1 amide bonds. The highest BCUT2D eigenvalue weighted by molar-refractivity contribution is 9.10. The Hall–Kier alpha value is -1.82. The molecule has 27 heavy (non-hydrogen) atoms. The summed E-state index contributed by atoms with van der Waals surface area (Å²) in [7, 11) is 3.78. The summed E-state index contributed by atoms with van der Waals surface area (Å²) in [4.78, 5) is 29.1. The highest BCUT2D eigenvalue weighted by Gasteiger charge is 2.43. The number of likely N-dealkylation sites (tertiary alicyclic amines) is 1. The van der Waals surface area contributed by atoms with Crippen molar-refractivity contribution in [3.05, 3.63) is 46.6 Å². The second-order valence-electron chi connectivity index (χ2n) is 8.20. The maximum atomic E-state index is 13.2. The summed E-state index contributed by atoms with van der Waals surface area (Å²) in [6.45, 7) is 6.56. The summed E-state index contributed by atoms with van der Waals surface area (Å²) in [5, 5.41) is 0. The van der Waals surface area contributed by atoms with Gasteiger partial charge in [-0.2, -0.15) is 0 Å². The number of nitrogens with zero attached hydrogens (tertiary/aromatic N) is 2. The molecule has 0 bridgehead atoms. The van der Waals surface area contributed by atoms with Gasteiger partial charge in [0.05, 0.1) is 5.41 Å². The van der Waals surface area contributed by atoms with Crippen LogP contribution in [-0.2, 0) is 14.9 Å². The standard InChI is InChI=1S/C21H29BrN2O3/c1-20(2,3)27-19(26)24-14-11-21(12-15-24,18(25)10-13-23(4)5)16-6-8-17(22)9-7-16/h6-10,13H,11-12,14-15H2,1-5H3/b13-10+. The number of carbonyl (C=O) groups is 2. The molecule has 2 rings (SSSR count). The number of ketones is 1. The zero-order valence-electron chi connectivity index (χ0n) is 16.8. The fourth-order valence-electron chi connectivity index (χ4n) is 3.22. The first-order valence-corrected chi connectivity index (χ1v) is 9.96. The predicted octanol–water partition coefficient (Wildman–Crippen LogP) is 4.36. The van der Waals surface area contributed by atoms with Gasteiger partial charge in [-0.25, -0.2) is 4.79 Å². The van der Waals surface area contributed by atoms with E-state index < -0.39 is 11.0 Å². The van der Waals surface area contributed by atoms with Gasteiger partial charge in [0.2, 0.25) is 0 Å². The van der Waals surface area contributed by atoms with Gasteiger partial charge >= 0.3 is 6.09 Å². The van der Waals surface area contributed by atoms with Gasteiger partial charge < -0.3 is 14.5 Å². The minimum absolute atomic E-state index is 0.0716. The Kier molecular flexibility index (Phi) is 6.73. The van der Waals surface area contributed by atoms with E-state index in [0.717, 1.165) is 10.0 Å². The number of hydrogen-bond donors (Lipinski definition) is 0. The summed E-state index contributed by atoms with van der Waals surface area (Å²) in [6.07, 6.45) is 4.26. The minimum atomic E-state index is -0.619. The molecule has 148 valence electrons. The highest BCUT2D eigenvalue weighted by atomic mass is 79.9. The maximum absolute atomic E-state index is 13.2. The average molecular weight is 437 g/mol. The highest BCUT2D eigenvalue weighted by Crippen LogP contribution is 2.38. The Morgan fingerprint density at radius 1 is 1.15 bits per heavy atom. The van der Waals surface area contributed by atoms with Crippen molar-refractivity contribution in [3.8, 4) is 0 Å². The summed E-state index contributed by atoms with van der Waals surface area (Å²) in [6, 6.07) is 7.91. The third-order valence-electron chi connectivity index (χ3n) is 4.66. The Morgan fingerprint density at radius 3 is 2.19 bits per heavy atom. The number of benzene rings is 1. The van der Waals surface area contributed by atoms with Crippen LogP contribution in [0.15, 0.2) is 41.0 Å². The molecule has 1 aliphatic heterocycles. The van der Waals surface area contributed by atoms with Crippen LogP contribution in [0.3, 0.4) is 0 Å². The topological polar surface area (TPSA) is 49.9 Å². The van der Waals surface area contributed by atoms with E-state index >= 15 is 0 Å². The molecule has 0 aliphatic carbocycles. The normalized spacial score (nSPS) is 17.0. The van der Waals surface area contributed by atoms with Crippen molar-refractivity contribution in [1.82, 2.24) is 9.80 Å². The van der Waals surface area contributed by atoms with Crippen molar-refractivity contribution in [2.45, 2.75) is 44.6 Å². The number of halogens is 1. The van der Waals surface area contributed by atoms with Crippen LogP contribution < -0.4 is 0 Å². The molecule has 1 aromatic rings.